The van der Waals surface area contributed by atoms with E-state index >= 15 is 0 Å². The fourth-order valence-electron chi connectivity index (χ4n) is 4.10. The molecular weight excluding hydrogens is 368 g/mol. The van der Waals surface area contributed by atoms with Crippen LogP contribution in [0, 0.1) is 5.92 Å². The van der Waals surface area contributed by atoms with Gasteiger partial charge in [0.1, 0.15) is 11.7 Å². The second kappa shape index (κ2) is 8.57. The van der Waals surface area contributed by atoms with E-state index < -0.39 is 17.8 Å². The van der Waals surface area contributed by atoms with Crippen molar-refractivity contribution in [3.05, 3.63) is 48.0 Å². The number of fused-ring (bicyclic) bond motifs is 1. The van der Waals surface area contributed by atoms with Gasteiger partial charge >= 0.3 is 6.09 Å². The summed E-state index contributed by atoms with van der Waals surface area (Å²) in [5.74, 6) is -0.0865. The quantitative estimate of drug-likeness (QED) is 0.787. The molecule has 158 valence electrons. The van der Waals surface area contributed by atoms with Crippen LogP contribution in [0.4, 0.5) is 4.79 Å². The molecule has 0 aromatic heterocycles. The van der Waals surface area contributed by atoms with E-state index in [0.717, 1.165) is 6.42 Å². The van der Waals surface area contributed by atoms with Gasteiger partial charge in [-0.3, -0.25) is 4.79 Å². The largest absolute Gasteiger partial charge is 0.444 e. The second-order valence-corrected chi connectivity index (χ2v) is 8.87. The predicted molar refractivity (Wildman–Crippen MR) is 111 cm³/mol. The van der Waals surface area contributed by atoms with Gasteiger partial charge in [0.05, 0.1) is 12.6 Å². The van der Waals surface area contributed by atoms with Gasteiger partial charge in [0.15, 0.2) is 0 Å². The van der Waals surface area contributed by atoms with Gasteiger partial charge in [0, 0.05) is 24.9 Å². The maximum atomic E-state index is 13.3. The van der Waals surface area contributed by atoms with E-state index in [2.05, 4.69) is 31.0 Å². The fourth-order valence-corrected chi connectivity index (χ4v) is 4.10. The van der Waals surface area contributed by atoms with E-state index in [1.807, 2.05) is 37.8 Å². The Morgan fingerprint density at radius 1 is 1.31 bits per heavy atom. The summed E-state index contributed by atoms with van der Waals surface area (Å²) >= 11 is 0. The van der Waals surface area contributed by atoms with Crippen molar-refractivity contribution >= 4 is 12.0 Å². The Morgan fingerprint density at radius 3 is 2.72 bits per heavy atom. The molecule has 1 aromatic carbocycles. The zero-order valence-electron chi connectivity index (χ0n) is 17.8. The molecule has 29 heavy (non-hydrogen) atoms. The lowest BCUT2D eigenvalue weighted by atomic mass is 9.90. The Morgan fingerprint density at radius 2 is 2.03 bits per heavy atom. The summed E-state index contributed by atoms with van der Waals surface area (Å²) in [7, 11) is 0. The summed E-state index contributed by atoms with van der Waals surface area (Å²) in [6, 6.07) is 8.01. The molecule has 2 amide bonds. The molecule has 4 atom stereocenters. The van der Waals surface area contributed by atoms with Gasteiger partial charge in [0.2, 0.25) is 0 Å². The van der Waals surface area contributed by atoms with Gasteiger partial charge in [-0.2, -0.15) is 0 Å². The molecule has 2 aliphatic rings. The Labute approximate surface area is 173 Å². The van der Waals surface area contributed by atoms with Crippen LogP contribution in [0.3, 0.4) is 0 Å². The average molecular weight is 401 g/mol. The van der Waals surface area contributed by atoms with E-state index in [9.17, 15) is 9.59 Å². The molecule has 0 aliphatic carbocycles. The van der Waals surface area contributed by atoms with Crippen molar-refractivity contribution in [3.8, 4) is 0 Å². The lowest BCUT2D eigenvalue weighted by molar-refractivity contribution is -0.151. The van der Waals surface area contributed by atoms with E-state index in [4.69, 9.17) is 9.47 Å². The highest BCUT2D eigenvalue weighted by atomic mass is 16.6. The van der Waals surface area contributed by atoms with Crippen molar-refractivity contribution in [1.82, 2.24) is 10.2 Å². The molecule has 0 saturated carbocycles. The molecule has 1 N–H and O–H groups in total. The Bertz CT molecular complexity index is 770. The number of hydrogen-bond acceptors (Lipinski definition) is 4. The molecule has 0 unspecified atom stereocenters. The molecule has 2 heterocycles. The molecule has 0 radical (unpaired) electrons. The maximum Gasteiger partial charge on any atom is 0.407 e. The Kier molecular flexibility index (Phi) is 6.32. The normalized spacial score (nSPS) is 27.0. The minimum absolute atomic E-state index is 0.00504. The summed E-state index contributed by atoms with van der Waals surface area (Å²) in [5, 5.41) is 2.91. The number of amides is 2. The van der Waals surface area contributed by atoms with Crippen molar-refractivity contribution in [2.75, 3.05) is 13.2 Å². The number of ether oxygens (including phenoxy) is 2. The van der Waals surface area contributed by atoms with Crippen molar-refractivity contribution in [2.45, 2.75) is 64.3 Å². The van der Waals surface area contributed by atoms with Crippen LogP contribution in [0.5, 0.6) is 0 Å². The van der Waals surface area contributed by atoms with E-state index in [1.54, 1.807) is 6.08 Å². The third kappa shape index (κ3) is 4.99. The third-order valence-electron chi connectivity index (χ3n) is 5.63. The molecular formula is C23H32N2O4. The van der Waals surface area contributed by atoms with Crippen LogP contribution in [0.15, 0.2) is 36.9 Å². The minimum Gasteiger partial charge on any atom is -0.444 e. The monoisotopic (exact) mass is 400 g/mol. The molecule has 1 aromatic rings. The lowest BCUT2D eigenvalue weighted by Gasteiger charge is -2.40. The Hall–Kier alpha value is -2.34. The summed E-state index contributed by atoms with van der Waals surface area (Å²) < 4.78 is 11.3. The standard InChI is InChI=1S/C23H32N2O4/c1-6-16-14-28-20(13-19(16)24-22(27)29-23(3,4)5)21(26)25-12-11-17-9-7-8-10-18(17)15(25)2/h6-10,15-16,19-20H,1,11-14H2,2-5H3,(H,24,27)/t15-,16+,19-,20+/m0/s1. The summed E-state index contributed by atoms with van der Waals surface area (Å²) in [6.07, 6.45) is 1.94. The third-order valence-corrected chi connectivity index (χ3v) is 5.63. The highest BCUT2D eigenvalue weighted by Gasteiger charge is 2.39. The number of nitrogens with zero attached hydrogens (tertiary/aromatic N) is 1. The van der Waals surface area contributed by atoms with E-state index in [1.165, 1.54) is 11.1 Å². The topological polar surface area (TPSA) is 67.9 Å². The SMILES string of the molecule is C=C[C@@H]1CO[C@@H](C(=O)N2CCc3ccccc3[C@@H]2C)C[C@@H]1NC(=O)OC(C)(C)C. The van der Waals surface area contributed by atoms with Gasteiger partial charge in [-0.1, -0.05) is 30.3 Å². The fraction of sp³-hybridized carbons (Fsp3) is 0.565. The van der Waals surface area contributed by atoms with E-state index in [-0.39, 0.29) is 23.9 Å². The van der Waals surface area contributed by atoms with Crippen LogP contribution < -0.4 is 5.32 Å². The second-order valence-electron chi connectivity index (χ2n) is 8.87. The van der Waals surface area contributed by atoms with E-state index in [0.29, 0.717) is 19.6 Å². The molecule has 6 heteroatoms. The van der Waals surface area contributed by atoms with Gasteiger partial charge in [-0.25, -0.2) is 4.79 Å². The van der Waals surface area contributed by atoms with Crippen LogP contribution in [0.2, 0.25) is 0 Å². The summed E-state index contributed by atoms with van der Waals surface area (Å²) in [4.78, 5) is 27.4. The number of hydrogen-bond donors (Lipinski definition) is 1. The first-order chi connectivity index (χ1) is 13.7. The van der Waals surface area contributed by atoms with Gasteiger partial charge in [0.25, 0.3) is 5.91 Å². The number of benzene rings is 1. The molecule has 1 fully saturated rings. The van der Waals surface area contributed by atoms with Crippen molar-refractivity contribution in [3.63, 3.8) is 0 Å². The average Bonchev–Trinajstić information content (AvgIpc) is 2.66. The van der Waals surface area contributed by atoms with Crippen LogP contribution in [-0.2, 0) is 20.7 Å². The van der Waals surface area contributed by atoms with Crippen molar-refractivity contribution < 1.29 is 19.1 Å². The molecule has 0 spiro atoms. The first-order valence-electron chi connectivity index (χ1n) is 10.3. The molecule has 6 nitrogen and oxygen atoms in total. The van der Waals surface area contributed by atoms with Crippen LogP contribution >= 0.6 is 0 Å². The minimum atomic E-state index is -0.584. The molecule has 2 aliphatic heterocycles. The zero-order valence-corrected chi connectivity index (χ0v) is 17.8. The molecule has 0 bridgehead atoms. The number of nitrogens with one attached hydrogen (secondary N) is 1. The van der Waals surface area contributed by atoms with Crippen LogP contribution in [0.1, 0.15) is 51.3 Å². The smallest absolute Gasteiger partial charge is 0.407 e. The highest BCUT2D eigenvalue weighted by Crippen LogP contribution is 2.31. The maximum absolute atomic E-state index is 13.3. The van der Waals surface area contributed by atoms with Gasteiger partial charge in [-0.15, -0.1) is 6.58 Å². The molecule has 3 rings (SSSR count). The van der Waals surface area contributed by atoms with Crippen LogP contribution in [-0.4, -0.2) is 47.8 Å². The van der Waals surface area contributed by atoms with Crippen molar-refractivity contribution in [2.24, 2.45) is 5.92 Å². The predicted octanol–water partition coefficient (Wildman–Crippen LogP) is 3.62. The zero-order chi connectivity index (χ0) is 21.2. The number of alkyl carbamates (subject to hydrolysis) is 1. The van der Waals surface area contributed by atoms with Crippen LogP contribution in [0.25, 0.3) is 0 Å². The number of carbonyl (C=O) groups is 2. The highest BCUT2D eigenvalue weighted by molar-refractivity contribution is 5.82. The summed E-state index contributed by atoms with van der Waals surface area (Å²) in [6.45, 7) is 12.4. The van der Waals surface area contributed by atoms with Gasteiger partial charge < -0.3 is 19.7 Å². The Balaban J connectivity index is 1.68. The van der Waals surface area contributed by atoms with Crippen molar-refractivity contribution in [1.29, 1.82) is 0 Å². The first-order valence-corrected chi connectivity index (χ1v) is 10.3. The first kappa shape index (κ1) is 21.4. The molecule has 1 saturated heterocycles. The number of carbonyl (C=O) groups excluding carboxylic acids is 2. The summed E-state index contributed by atoms with van der Waals surface area (Å²) in [5.41, 5.74) is 1.91. The lowest BCUT2D eigenvalue weighted by Crippen LogP contribution is -2.53. The van der Waals surface area contributed by atoms with Gasteiger partial charge in [-0.05, 0) is 45.2 Å². The number of rotatable bonds is 3.